The molecule has 0 saturated carbocycles. The molecular formula is C61H50. The van der Waals surface area contributed by atoms with Gasteiger partial charge in [0, 0.05) is 0 Å². The first-order chi connectivity index (χ1) is 29.0. The summed E-state index contributed by atoms with van der Waals surface area (Å²) < 4.78 is 0. The summed E-state index contributed by atoms with van der Waals surface area (Å²) >= 11 is 0. The maximum Gasteiger partial charge on any atom is -0.000719 e. The van der Waals surface area contributed by atoms with Crippen LogP contribution in [0.4, 0.5) is 0 Å². The van der Waals surface area contributed by atoms with E-state index < -0.39 is 0 Å². The van der Waals surface area contributed by atoms with Gasteiger partial charge < -0.3 is 0 Å². The molecule has 10 aromatic carbocycles. The Hall–Kier alpha value is -6.76. The quantitative estimate of drug-likeness (QED) is 0.157. The first-order valence-electron chi connectivity index (χ1n) is 21.5. The van der Waals surface area contributed by atoms with Crippen LogP contribution in [-0.4, -0.2) is 0 Å². The lowest BCUT2D eigenvalue weighted by atomic mass is 9.81. The Morgan fingerprint density at radius 2 is 0.836 bits per heavy atom. The topological polar surface area (TPSA) is 0 Å². The van der Waals surface area contributed by atoms with Crippen LogP contribution < -0.4 is 0 Å². The molecule has 0 unspecified atom stereocenters. The van der Waals surface area contributed by atoms with Gasteiger partial charge in [0.15, 0.2) is 0 Å². The molecule has 0 aliphatic heterocycles. The highest BCUT2D eigenvalue weighted by Gasteiger charge is 2.32. The molecule has 0 fully saturated rings. The van der Waals surface area contributed by atoms with Gasteiger partial charge in [-0.25, -0.2) is 0 Å². The third kappa shape index (κ3) is 5.44. The van der Waals surface area contributed by atoms with E-state index in [2.05, 4.69) is 211 Å². The molecule has 0 aromatic heterocycles. The Morgan fingerprint density at radius 3 is 1.51 bits per heavy atom. The Kier molecular flexibility index (Phi) is 8.01. The van der Waals surface area contributed by atoms with Crippen LogP contribution in [0.15, 0.2) is 170 Å². The van der Waals surface area contributed by atoms with Gasteiger partial charge in [-0.05, 0) is 173 Å². The van der Waals surface area contributed by atoms with E-state index in [0.717, 1.165) is 0 Å². The van der Waals surface area contributed by atoms with Crippen molar-refractivity contribution in [2.75, 3.05) is 0 Å². The third-order valence-corrected chi connectivity index (χ3v) is 13.6. The van der Waals surface area contributed by atoms with E-state index in [1.807, 2.05) is 0 Å². The van der Waals surface area contributed by atoms with Gasteiger partial charge in [0.1, 0.15) is 0 Å². The van der Waals surface area contributed by atoms with Gasteiger partial charge in [-0.15, -0.1) is 0 Å². The van der Waals surface area contributed by atoms with Gasteiger partial charge in [0.05, 0.1) is 0 Å². The molecule has 12 rings (SSSR count). The molecule has 61 heavy (non-hydrogen) atoms. The van der Waals surface area contributed by atoms with Crippen molar-refractivity contribution >= 4 is 43.1 Å². The van der Waals surface area contributed by atoms with Crippen molar-refractivity contribution < 1.29 is 0 Å². The SMILES string of the molecule is C.CC(C)(C)c1cc2c3c(cc(C(C)(C)C)cc3c1)-c1cc(-c3ccc4c(-c5ccccc5)c5c(c(-c6ccccc6)c4c3)-c3cccc4c3c-5cc3ccccc34)ccc1-2. The van der Waals surface area contributed by atoms with E-state index in [9.17, 15) is 0 Å². The van der Waals surface area contributed by atoms with Crippen molar-refractivity contribution in [2.24, 2.45) is 0 Å². The molecule has 0 heteroatoms. The lowest BCUT2D eigenvalue weighted by Gasteiger charge is -2.23. The number of hydrogen-bond donors (Lipinski definition) is 0. The maximum atomic E-state index is 2.49. The summed E-state index contributed by atoms with van der Waals surface area (Å²) in [6.45, 7) is 14.0. The Balaban J connectivity index is 0.00000420. The summed E-state index contributed by atoms with van der Waals surface area (Å²) in [5.41, 5.74) is 21.1. The van der Waals surface area contributed by atoms with Crippen molar-refractivity contribution in [1.29, 1.82) is 0 Å². The standard InChI is InChI=1S/C60H46.CH4/c1-59(2,3)41-28-40-29-42(60(4,5)6)34-51-48-30-37(24-26-44(48)50(33-41)53(40)51)38-25-27-46-49(31-38)55(36-18-11-8-12-19-36)57-47-23-15-22-45-43-21-14-13-20-39(43)32-52(56(45)47)58(57)54(46)35-16-9-7-10-17-35;/h7-34H,1-6H3;1H4. The highest BCUT2D eigenvalue weighted by molar-refractivity contribution is 6.31. The fourth-order valence-corrected chi connectivity index (χ4v) is 10.6. The molecule has 2 aliphatic rings. The summed E-state index contributed by atoms with van der Waals surface area (Å²) in [5, 5.41) is 10.5. The fourth-order valence-electron chi connectivity index (χ4n) is 10.6. The predicted molar refractivity (Wildman–Crippen MR) is 266 cm³/mol. The fraction of sp³-hybridized carbons (Fsp3) is 0.148. The third-order valence-electron chi connectivity index (χ3n) is 13.6. The number of rotatable bonds is 3. The minimum atomic E-state index is 0. The van der Waals surface area contributed by atoms with E-state index in [0.29, 0.717) is 0 Å². The van der Waals surface area contributed by atoms with Gasteiger partial charge in [-0.1, -0.05) is 188 Å². The van der Waals surface area contributed by atoms with Crippen LogP contribution in [0, 0.1) is 0 Å². The number of hydrogen-bond acceptors (Lipinski definition) is 0. The summed E-state index contributed by atoms with van der Waals surface area (Å²) in [6, 6.07) is 64.8. The van der Waals surface area contributed by atoms with E-state index in [-0.39, 0.29) is 18.3 Å². The average Bonchev–Trinajstić information content (AvgIpc) is 3.75. The average molecular weight is 783 g/mol. The van der Waals surface area contributed by atoms with Crippen LogP contribution in [0.25, 0.3) is 121 Å². The Labute approximate surface area is 360 Å². The van der Waals surface area contributed by atoms with E-state index in [4.69, 9.17) is 0 Å². The zero-order valence-corrected chi connectivity index (χ0v) is 35.2. The van der Waals surface area contributed by atoms with Gasteiger partial charge in [-0.2, -0.15) is 0 Å². The Bertz CT molecular complexity index is 3450. The molecule has 0 heterocycles. The van der Waals surface area contributed by atoms with Crippen LogP contribution in [-0.2, 0) is 10.8 Å². The molecule has 10 aromatic rings. The van der Waals surface area contributed by atoms with Crippen LogP contribution in [0.1, 0.15) is 60.1 Å². The first kappa shape index (κ1) is 37.3. The van der Waals surface area contributed by atoms with Crippen molar-refractivity contribution in [3.63, 3.8) is 0 Å². The molecule has 2 aliphatic carbocycles. The summed E-state index contributed by atoms with van der Waals surface area (Å²) in [5.74, 6) is 0. The molecule has 0 nitrogen and oxygen atoms in total. The lowest BCUT2D eigenvalue weighted by molar-refractivity contribution is 0.589. The lowest BCUT2D eigenvalue weighted by Crippen LogP contribution is -2.12. The zero-order chi connectivity index (χ0) is 40.7. The van der Waals surface area contributed by atoms with Crippen LogP contribution >= 0.6 is 0 Å². The van der Waals surface area contributed by atoms with Crippen molar-refractivity contribution in [3.8, 4) is 77.9 Å². The molecule has 0 saturated heterocycles. The maximum absolute atomic E-state index is 2.49. The highest BCUT2D eigenvalue weighted by atomic mass is 14.3. The minimum Gasteiger partial charge on any atom is -0.0776 e. The summed E-state index contributed by atoms with van der Waals surface area (Å²) in [7, 11) is 0. The predicted octanol–water partition coefficient (Wildman–Crippen LogP) is 17.8. The normalized spacial score (nSPS) is 12.6. The van der Waals surface area contributed by atoms with Crippen molar-refractivity contribution in [3.05, 3.63) is 181 Å². The molecule has 294 valence electrons. The second kappa shape index (κ2) is 13.1. The number of benzene rings is 10. The van der Waals surface area contributed by atoms with E-state index >= 15 is 0 Å². The van der Waals surface area contributed by atoms with Crippen LogP contribution in [0.5, 0.6) is 0 Å². The van der Waals surface area contributed by atoms with Crippen molar-refractivity contribution in [1.82, 2.24) is 0 Å². The molecule has 0 atom stereocenters. The number of fused-ring (bicyclic) bond motifs is 9. The van der Waals surface area contributed by atoms with Crippen LogP contribution in [0.3, 0.4) is 0 Å². The monoisotopic (exact) mass is 782 g/mol. The van der Waals surface area contributed by atoms with Crippen molar-refractivity contribution in [2.45, 2.75) is 59.8 Å². The smallest absolute Gasteiger partial charge is 0.000719 e. The minimum absolute atomic E-state index is 0. The second-order valence-electron chi connectivity index (χ2n) is 19.3. The molecule has 0 N–H and O–H groups in total. The molecule has 0 bridgehead atoms. The Morgan fingerprint density at radius 1 is 0.279 bits per heavy atom. The zero-order valence-electron chi connectivity index (χ0n) is 35.2. The first-order valence-corrected chi connectivity index (χ1v) is 21.5. The largest absolute Gasteiger partial charge is 0.0776 e. The van der Waals surface area contributed by atoms with Crippen LogP contribution in [0.2, 0.25) is 0 Å². The van der Waals surface area contributed by atoms with Gasteiger partial charge in [0.25, 0.3) is 0 Å². The van der Waals surface area contributed by atoms with Gasteiger partial charge in [-0.3, -0.25) is 0 Å². The molecule has 0 amide bonds. The van der Waals surface area contributed by atoms with E-state index in [1.54, 1.807) is 0 Å². The van der Waals surface area contributed by atoms with E-state index in [1.165, 1.54) is 132 Å². The molecule has 0 spiro atoms. The second-order valence-corrected chi connectivity index (χ2v) is 19.3. The summed E-state index contributed by atoms with van der Waals surface area (Å²) in [4.78, 5) is 0. The molecular weight excluding hydrogens is 733 g/mol. The van der Waals surface area contributed by atoms with Gasteiger partial charge in [0.2, 0.25) is 0 Å². The van der Waals surface area contributed by atoms with Gasteiger partial charge >= 0.3 is 0 Å². The summed E-state index contributed by atoms with van der Waals surface area (Å²) in [6.07, 6.45) is 0. The highest BCUT2D eigenvalue weighted by Crippen LogP contribution is 2.59. The molecule has 0 radical (unpaired) electrons.